The van der Waals surface area contributed by atoms with E-state index in [4.69, 9.17) is 4.74 Å². The maximum atomic E-state index is 5.35. The van der Waals surface area contributed by atoms with Gasteiger partial charge in [0, 0.05) is 23.9 Å². The van der Waals surface area contributed by atoms with Crippen molar-refractivity contribution in [1.82, 2.24) is 9.97 Å². The lowest BCUT2D eigenvalue weighted by atomic mass is 10.0. The van der Waals surface area contributed by atoms with Gasteiger partial charge in [0.25, 0.3) is 0 Å². The molecule has 2 aromatic rings. The van der Waals surface area contributed by atoms with Crippen LogP contribution in [0.5, 0.6) is 0 Å². The Kier molecular flexibility index (Phi) is 3.53. The quantitative estimate of drug-likeness (QED) is 0.852. The molecule has 1 atom stereocenters. The second-order valence-corrected chi connectivity index (χ2v) is 5.40. The molecule has 0 fully saturated rings. The van der Waals surface area contributed by atoms with E-state index >= 15 is 0 Å². The number of aryl methyl sites for hydroxylation is 2. The molecular weight excluding hydrogens is 248 g/mol. The molecule has 1 aromatic carbocycles. The first-order chi connectivity index (χ1) is 9.69. The molecule has 104 valence electrons. The highest BCUT2D eigenvalue weighted by atomic mass is 16.5. The third kappa shape index (κ3) is 2.34. The molecule has 0 saturated carbocycles. The summed E-state index contributed by atoms with van der Waals surface area (Å²) in [5.41, 5.74) is 6.06. The minimum absolute atomic E-state index is 0.127. The average molecular weight is 268 g/mol. The molecule has 0 radical (unpaired) electrons. The van der Waals surface area contributed by atoms with Crippen molar-refractivity contribution in [2.45, 2.75) is 39.2 Å². The van der Waals surface area contributed by atoms with Crippen LogP contribution in [0.3, 0.4) is 0 Å². The van der Waals surface area contributed by atoms with Gasteiger partial charge in [0.2, 0.25) is 0 Å². The third-order valence-electron chi connectivity index (χ3n) is 4.05. The van der Waals surface area contributed by atoms with E-state index in [1.54, 1.807) is 7.11 Å². The lowest BCUT2D eigenvalue weighted by Gasteiger charge is -2.12. The van der Waals surface area contributed by atoms with Crippen molar-refractivity contribution in [3.05, 3.63) is 46.9 Å². The maximum absolute atomic E-state index is 5.35. The number of methoxy groups -OCH3 is 1. The minimum atomic E-state index is 0.127. The molecule has 1 aliphatic carbocycles. The maximum Gasteiger partial charge on any atom is 0.126 e. The predicted molar refractivity (Wildman–Crippen MR) is 79.7 cm³/mol. The van der Waals surface area contributed by atoms with Crippen LogP contribution in [0.15, 0.2) is 24.3 Å². The van der Waals surface area contributed by atoms with Gasteiger partial charge in [-0.05, 0) is 38.7 Å². The van der Waals surface area contributed by atoms with Gasteiger partial charge in [-0.1, -0.05) is 24.3 Å². The van der Waals surface area contributed by atoms with Crippen molar-refractivity contribution in [2.75, 3.05) is 7.11 Å². The standard InChI is InChI=1S/C17H20N2O/c1-11(20-3)13-7-9-14(10-8-13)17-15-5-4-6-16(15)18-12(2)19-17/h7-11H,4-6H2,1-3H3. The third-order valence-corrected chi connectivity index (χ3v) is 4.05. The summed E-state index contributed by atoms with van der Waals surface area (Å²) in [4.78, 5) is 9.24. The van der Waals surface area contributed by atoms with E-state index in [0.29, 0.717) is 0 Å². The molecule has 0 N–H and O–H groups in total. The number of hydrogen-bond acceptors (Lipinski definition) is 3. The largest absolute Gasteiger partial charge is 0.377 e. The van der Waals surface area contributed by atoms with Gasteiger partial charge in [-0.2, -0.15) is 0 Å². The van der Waals surface area contributed by atoms with Gasteiger partial charge in [0.1, 0.15) is 5.82 Å². The summed E-state index contributed by atoms with van der Waals surface area (Å²) in [6.07, 6.45) is 3.51. The van der Waals surface area contributed by atoms with Gasteiger partial charge in [-0.25, -0.2) is 9.97 Å². The predicted octanol–water partition coefficient (Wildman–Crippen LogP) is 3.65. The number of hydrogen-bond donors (Lipinski definition) is 0. The summed E-state index contributed by atoms with van der Waals surface area (Å²) < 4.78 is 5.35. The van der Waals surface area contributed by atoms with E-state index < -0.39 is 0 Å². The normalized spacial score (nSPS) is 15.2. The highest BCUT2D eigenvalue weighted by Gasteiger charge is 2.19. The van der Waals surface area contributed by atoms with E-state index in [2.05, 4.69) is 41.2 Å². The van der Waals surface area contributed by atoms with Crippen molar-refractivity contribution >= 4 is 0 Å². The smallest absolute Gasteiger partial charge is 0.126 e. The van der Waals surface area contributed by atoms with Crippen LogP contribution in [-0.2, 0) is 17.6 Å². The van der Waals surface area contributed by atoms with Crippen LogP contribution in [-0.4, -0.2) is 17.1 Å². The SMILES string of the molecule is COC(C)c1ccc(-c2nc(C)nc3c2CCC3)cc1. The van der Waals surface area contributed by atoms with Crippen LogP contribution in [0.25, 0.3) is 11.3 Å². The minimum Gasteiger partial charge on any atom is -0.377 e. The van der Waals surface area contributed by atoms with E-state index in [9.17, 15) is 0 Å². The first-order valence-electron chi connectivity index (χ1n) is 7.18. The Morgan fingerprint density at radius 2 is 1.85 bits per heavy atom. The number of aromatic nitrogens is 2. The van der Waals surface area contributed by atoms with Crippen molar-refractivity contribution in [3.8, 4) is 11.3 Å². The molecule has 1 aromatic heterocycles. The van der Waals surface area contributed by atoms with Gasteiger partial charge in [0.15, 0.2) is 0 Å². The molecular formula is C17H20N2O. The summed E-state index contributed by atoms with van der Waals surface area (Å²) in [5.74, 6) is 0.870. The van der Waals surface area contributed by atoms with Crippen LogP contribution in [0, 0.1) is 6.92 Å². The summed E-state index contributed by atoms with van der Waals surface area (Å²) in [7, 11) is 1.74. The number of benzene rings is 1. The molecule has 3 rings (SSSR count). The Labute approximate surface area is 120 Å². The highest BCUT2D eigenvalue weighted by Crippen LogP contribution is 2.30. The lowest BCUT2D eigenvalue weighted by molar-refractivity contribution is 0.119. The van der Waals surface area contributed by atoms with Crippen LogP contribution in [0.4, 0.5) is 0 Å². The van der Waals surface area contributed by atoms with E-state index in [-0.39, 0.29) is 6.10 Å². The van der Waals surface area contributed by atoms with Crippen LogP contribution < -0.4 is 0 Å². The summed E-state index contributed by atoms with van der Waals surface area (Å²) in [6, 6.07) is 8.54. The molecule has 0 saturated heterocycles. The first kappa shape index (κ1) is 13.3. The lowest BCUT2D eigenvalue weighted by Crippen LogP contribution is -2.00. The molecule has 3 heteroatoms. The van der Waals surface area contributed by atoms with Gasteiger partial charge >= 0.3 is 0 Å². The van der Waals surface area contributed by atoms with Gasteiger partial charge in [-0.3, -0.25) is 0 Å². The fourth-order valence-electron chi connectivity index (χ4n) is 2.84. The second-order valence-electron chi connectivity index (χ2n) is 5.40. The van der Waals surface area contributed by atoms with Crippen molar-refractivity contribution in [2.24, 2.45) is 0 Å². The van der Waals surface area contributed by atoms with Crippen LogP contribution in [0.1, 0.15) is 42.1 Å². The second kappa shape index (κ2) is 5.33. The topological polar surface area (TPSA) is 35.0 Å². The van der Waals surface area contributed by atoms with E-state index in [1.165, 1.54) is 28.8 Å². The number of rotatable bonds is 3. The fourth-order valence-corrected chi connectivity index (χ4v) is 2.84. The highest BCUT2D eigenvalue weighted by molar-refractivity contribution is 5.65. The zero-order chi connectivity index (χ0) is 14.1. The van der Waals surface area contributed by atoms with E-state index in [0.717, 1.165) is 24.4 Å². The van der Waals surface area contributed by atoms with Crippen molar-refractivity contribution in [1.29, 1.82) is 0 Å². The molecule has 1 unspecified atom stereocenters. The molecule has 0 bridgehead atoms. The monoisotopic (exact) mass is 268 g/mol. The van der Waals surface area contributed by atoms with Gasteiger partial charge < -0.3 is 4.74 Å². The van der Waals surface area contributed by atoms with Crippen LogP contribution in [0.2, 0.25) is 0 Å². The van der Waals surface area contributed by atoms with E-state index in [1.807, 2.05) is 6.92 Å². The Morgan fingerprint density at radius 1 is 1.10 bits per heavy atom. The number of ether oxygens (including phenoxy) is 1. The fraction of sp³-hybridized carbons (Fsp3) is 0.412. The molecule has 1 aliphatic rings. The van der Waals surface area contributed by atoms with Crippen molar-refractivity contribution < 1.29 is 4.74 Å². The van der Waals surface area contributed by atoms with Crippen molar-refractivity contribution in [3.63, 3.8) is 0 Å². The zero-order valence-corrected chi connectivity index (χ0v) is 12.3. The molecule has 20 heavy (non-hydrogen) atoms. The summed E-state index contributed by atoms with van der Waals surface area (Å²) in [6.45, 7) is 4.03. The zero-order valence-electron chi connectivity index (χ0n) is 12.3. The number of nitrogens with zero attached hydrogens (tertiary/aromatic N) is 2. The molecule has 1 heterocycles. The van der Waals surface area contributed by atoms with Crippen LogP contribution >= 0.6 is 0 Å². The number of fused-ring (bicyclic) bond motifs is 1. The average Bonchev–Trinajstić information content (AvgIpc) is 2.94. The van der Waals surface area contributed by atoms with Gasteiger partial charge in [-0.15, -0.1) is 0 Å². The summed E-state index contributed by atoms with van der Waals surface area (Å²) >= 11 is 0. The Morgan fingerprint density at radius 3 is 2.55 bits per heavy atom. The molecule has 3 nitrogen and oxygen atoms in total. The molecule has 0 spiro atoms. The Hall–Kier alpha value is -1.74. The summed E-state index contributed by atoms with van der Waals surface area (Å²) in [5, 5.41) is 0. The van der Waals surface area contributed by atoms with Gasteiger partial charge in [0.05, 0.1) is 11.8 Å². The molecule has 0 amide bonds. The first-order valence-corrected chi connectivity index (χ1v) is 7.18. The Bertz CT molecular complexity index is 620. The molecule has 0 aliphatic heterocycles. The Balaban J connectivity index is 2.01.